The van der Waals surface area contributed by atoms with E-state index in [1.54, 1.807) is 31.2 Å². The molecule has 2 rings (SSSR count). The van der Waals surface area contributed by atoms with Crippen LogP contribution in [0, 0.1) is 23.2 Å². The second-order valence-corrected chi connectivity index (χ2v) is 4.30. The number of hydrogen-bond acceptors (Lipinski definition) is 5. The summed E-state index contributed by atoms with van der Waals surface area (Å²) in [6, 6.07) is 9.14. The largest absolute Gasteiger partial charge is 0.465 e. The summed E-state index contributed by atoms with van der Waals surface area (Å²) >= 11 is 0. The van der Waals surface area contributed by atoms with Crippen LogP contribution in [0.25, 0.3) is 5.69 Å². The molecule has 6 nitrogen and oxygen atoms in total. The molecule has 0 unspecified atom stereocenters. The van der Waals surface area contributed by atoms with Gasteiger partial charge >= 0.3 is 5.97 Å². The van der Waals surface area contributed by atoms with Crippen LogP contribution in [-0.4, -0.2) is 22.4 Å². The summed E-state index contributed by atoms with van der Waals surface area (Å²) in [5, 5.41) is 12.9. The van der Waals surface area contributed by atoms with Crippen molar-refractivity contribution in [3.8, 4) is 23.6 Å². The molecular formula is C16H14N4O2. The van der Waals surface area contributed by atoms with Gasteiger partial charge in [0.05, 0.1) is 18.5 Å². The van der Waals surface area contributed by atoms with Crippen molar-refractivity contribution in [1.29, 1.82) is 5.26 Å². The standard InChI is InChI=1S/C16H14N4O2/c1-2-22-15(21)5-3-4-12-6-8-14(9-7-12)20-16(18)13(10-17)11-19-20/h6-9,11H,2,5,18H2,1H3. The van der Waals surface area contributed by atoms with Crippen molar-refractivity contribution in [1.82, 2.24) is 9.78 Å². The summed E-state index contributed by atoms with van der Waals surface area (Å²) < 4.78 is 6.27. The highest BCUT2D eigenvalue weighted by atomic mass is 16.5. The lowest BCUT2D eigenvalue weighted by atomic mass is 10.2. The molecule has 0 aliphatic carbocycles. The van der Waals surface area contributed by atoms with E-state index in [-0.39, 0.29) is 12.4 Å². The van der Waals surface area contributed by atoms with E-state index in [0.29, 0.717) is 18.0 Å². The zero-order valence-electron chi connectivity index (χ0n) is 12.0. The summed E-state index contributed by atoms with van der Waals surface area (Å²) in [7, 11) is 0. The lowest BCUT2D eigenvalue weighted by Crippen LogP contribution is -2.02. The molecule has 1 aromatic heterocycles. The number of hydrogen-bond donors (Lipinski definition) is 1. The molecule has 0 saturated heterocycles. The van der Waals surface area contributed by atoms with Crippen molar-refractivity contribution in [2.75, 3.05) is 12.3 Å². The highest BCUT2D eigenvalue weighted by molar-refractivity contribution is 5.72. The second-order valence-electron chi connectivity index (χ2n) is 4.30. The number of nitrogens with two attached hydrogens (primary N) is 1. The normalized spacial score (nSPS) is 9.45. The zero-order chi connectivity index (χ0) is 15.9. The van der Waals surface area contributed by atoms with Gasteiger partial charge in [-0.3, -0.25) is 4.79 Å². The Morgan fingerprint density at radius 2 is 2.14 bits per heavy atom. The van der Waals surface area contributed by atoms with Crippen LogP contribution in [0.2, 0.25) is 0 Å². The van der Waals surface area contributed by atoms with Crippen LogP contribution in [0.15, 0.2) is 30.5 Å². The molecule has 0 amide bonds. The highest BCUT2D eigenvalue weighted by Gasteiger charge is 2.07. The number of ether oxygens (including phenoxy) is 1. The Morgan fingerprint density at radius 3 is 2.73 bits per heavy atom. The van der Waals surface area contributed by atoms with Gasteiger partial charge in [0.2, 0.25) is 0 Å². The minimum absolute atomic E-state index is 0.0627. The van der Waals surface area contributed by atoms with Crippen molar-refractivity contribution >= 4 is 11.8 Å². The molecule has 0 fully saturated rings. The first-order chi connectivity index (χ1) is 10.7. The number of nitrogens with zero attached hydrogens (tertiary/aromatic N) is 3. The lowest BCUT2D eigenvalue weighted by molar-refractivity contribution is -0.141. The van der Waals surface area contributed by atoms with Crippen molar-refractivity contribution < 1.29 is 9.53 Å². The van der Waals surface area contributed by atoms with Gasteiger partial charge < -0.3 is 10.5 Å². The van der Waals surface area contributed by atoms with Crippen LogP contribution < -0.4 is 5.73 Å². The maximum absolute atomic E-state index is 11.2. The molecule has 2 N–H and O–H groups in total. The minimum Gasteiger partial charge on any atom is -0.465 e. The number of benzene rings is 1. The maximum Gasteiger partial charge on any atom is 0.317 e. The van der Waals surface area contributed by atoms with E-state index in [2.05, 4.69) is 16.9 Å². The number of carbonyl (C=O) groups excluding carboxylic acids is 1. The molecule has 0 radical (unpaired) electrons. The second kappa shape index (κ2) is 6.96. The van der Waals surface area contributed by atoms with Crippen LogP contribution in [0.5, 0.6) is 0 Å². The summed E-state index contributed by atoms with van der Waals surface area (Å²) in [5.74, 6) is 5.60. The van der Waals surface area contributed by atoms with E-state index >= 15 is 0 Å². The van der Waals surface area contributed by atoms with E-state index in [9.17, 15) is 4.79 Å². The van der Waals surface area contributed by atoms with Crippen LogP contribution in [0.1, 0.15) is 24.5 Å². The Labute approximate surface area is 128 Å². The monoisotopic (exact) mass is 294 g/mol. The van der Waals surface area contributed by atoms with Gasteiger partial charge in [-0.25, -0.2) is 4.68 Å². The summed E-state index contributed by atoms with van der Waals surface area (Å²) in [6.45, 7) is 2.11. The molecule has 2 aromatic rings. The van der Waals surface area contributed by atoms with E-state index in [1.807, 2.05) is 6.07 Å². The number of anilines is 1. The fraction of sp³-hybridized carbons (Fsp3) is 0.188. The Balaban J connectivity index is 2.11. The number of nitriles is 1. The molecule has 0 saturated carbocycles. The topological polar surface area (TPSA) is 93.9 Å². The van der Waals surface area contributed by atoms with Gasteiger partial charge in [0, 0.05) is 5.56 Å². The maximum atomic E-state index is 11.2. The zero-order valence-corrected chi connectivity index (χ0v) is 12.0. The molecule has 22 heavy (non-hydrogen) atoms. The van der Waals surface area contributed by atoms with Gasteiger partial charge in [-0.2, -0.15) is 10.4 Å². The SMILES string of the molecule is CCOC(=O)CC#Cc1ccc(-n2ncc(C#N)c2N)cc1. The third-order valence-electron chi connectivity index (χ3n) is 2.81. The lowest BCUT2D eigenvalue weighted by Gasteiger charge is -2.03. The predicted molar refractivity (Wildman–Crippen MR) is 80.8 cm³/mol. The summed E-state index contributed by atoms with van der Waals surface area (Å²) in [6.07, 6.45) is 1.48. The average molecular weight is 294 g/mol. The number of rotatable bonds is 3. The molecule has 1 aromatic carbocycles. The predicted octanol–water partition coefficient (Wildman–Crippen LogP) is 1.63. The Hall–Kier alpha value is -3.25. The fourth-order valence-electron chi connectivity index (χ4n) is 1.77. The van der Waals surface area contributed by atoms with E-state index < -0.39 is 0 Å². The quantitative estimate of drug-likeness (QED) is 0.686. The Kier molecular flexibility index (Phi) is 4.79. The molecule has 0 bridgehead atoms. The van der Waals surface area contributed by atoms with E-state index in [4.69, 9.17) is 15.7 Å². The summed E-state index contributed by atoms with van der Waals surface area (Å²) in [4.78, 5) is 11.2. The molecule has 1 heterocycles. The first kappa shape index (κ1) is 15.1. The first-order valence-electron chi connectivity index (χ1n) is 6.64. The Morgan fingerprint density at radius 1 is 1.41 bits per heavy atom. The van der Waals surface area contributed by atoms with Crippen molar-refractivity contribution in [3.05, 3.63) is 41.6 Å². The van der Waals surface area contributed by atoms with Crippen LogP contribution in [0.4, 0.5) is 5.82 Å². The number of aromatic nitrogens is 2. The van der Waals surface area contributed by atoms with E-state index in [0.717, 1.165) is 11.3 Å². The molecule has 0 atom stereocenters. The van der Waals surface area contributed by atoms with Gasteiger partial charge in [0.25, 0.3) is 0 Å². The van der Waals surface area contributed by atoms with Gasteiger partial charge in [-0.1, -0.05) is 11.8 Å². The third-order valence-corrected chi connectivity index (χ3v) is 2.81. The number of nitrogen functional groups attached to an aromatic ring is 1. The average Bonchev–Trinajstić information content (AvgIpc) is 2.89. The van der Waals surface area contributed by atoms with Crippen molar-refractivity contribution in [2.45, 2.75) is 13.3 Å². The van der Waals surface area contributed by atoms with Crippen molar-refractivity contribution in [3.63, 3.8) is 0 Å². The van der Waals surface area contributed by atoms with Crippen LogP contribution in [-0.2, 0) is 9.53 Å². The molecule has 6 heteroatoms. The Bertz CT molecular complexity index is 773. The molecule has 0 aliphatic rings. The van der Waals surface area contributed by atoms with Crippen molar-refractivity contribution in [2.24, 2.45) is 0 Å². The van der Waals surface area contributed by atoms with Gasteiger partial charge in [0.15, 0.2) is 0 Å². The van der Waals surface area contributed by atoms with Gasteiger partial charge in [-0.15, -0.1) is 0 Å². The minimum atomic E-state index is -0.333. The number of carbonyl (C=O) groups is 1. The highest BCUT2D eigenvalue weighted by Crippen LogP contribution is 2.16. The first-order valence-corrected chi connectivity index (χ1v) is 6.64. The number of esters is 1. The van der Waals surface area contributed by atoms with Gasteiger partial charge in [-0.05, 0) is 31.2 Å². The third kappa shape index (κ3) is 3.44. The molecule has 0 aliphatic heterocycles. The van der Waals surface area contributed by atoms with E-state index in [1.165, 1.54) is 10.9 Å². The fourth-order valence-corrected chi connectivity index (χ4v) is 1.77. The molecule has 110 valence electrons. The van der Waals surface area contributed by atoms with Crippen LogP contribution in [0.3, 0.4) is 0 Å². The van der Waals surface area contributed by atoms with Crippen LogP contribution >= 0.6 is 0 Å². The molecule has 0 spiro atoms. The smallest absolute Gasteiger partial charge is 0.317 e. The summed E-state index contributed by atoms with van der Waals surface area (Å²) in [5.41, 5.74) is 7.65. The van der Waals surface area contributed by atoms with Gasteiger partial charge in [0.1, 0.15) is 23.9 Å². The molecular weight excluding hydrogens is 280 g/mol.